The van der Waals surface area contributed by atoms with Crippen LogP contribution in [-0.4, -0.2) is 23.2 Å². The van der Waals surface area contributed by atoms with Gasteiger partial charge in [0.1, 0.15) is 11.9 Å². The fourth-order valence-corrected chi connectivity index (χ4v) is 1.04. The Labute approximate surface area is 88.6 Å². The lowest BCUT2D eigenvalue weighted by Crippen LogP contribution is -2.16. The summed E-state index contributed by atoms with van der Waals surface area (Å²) < 4.78 is 0. The average Bonchev–Trinajstić information content (AvgIpc) is 2.26. The van der Waals surface area contributed by atoms with Crippen molar-refractivity contribution in [3.63, 3.8) is 0 Å². The molecule has 1 unspecified atom stereocenters. The molecule has 0 spiro atoms. The molecule has 15 heavy (non-hydrogen) atoms. The van der Waals surface area contributed by atoms with Crippen molar-refractivity contribution in [3.05, 3.63) is 17.8 Å². The minimum atomic E-state index is 0.101. The van der Waals surface area contributed by atoms with Crippen molar-refractivity contribution >= 4 is 11.5 Å². The fourth-order valence-electron chi connectivity index (χ4n) is 1.04. The Morgan fingerprint density at radius 3 is 3.07 bits per heavy atom. The average molecular weight is 206 g/mol. The molecule has 1 rings (SSSR count). The normalized spacial score (nSPS) is 11.8. The molecule has 4 N–H and O–H groups in total. The molecule has 0 aliphatic carbocycles. The van der Waals surface area contributed by atoms with E-state index in [1.807, 2.05) is 13.0 Å². The number of nitrogens with one attached hydrogen (secondary N) is 1. The Hall–Kier alpha value is -1.80. The van der Waals surface area contributed by atoms with Crippen molar-refractivity contribution in [2.45, 2.75) is 6.92 Å². The molecule has 0 aliphatic rings. The predicted octanol–water partition coefficient (Wildman–Crippen LogP) is 0.576. The number of nitrogen functional groups attached to an aromatic ring is 1. The quantitative estimate of drug-likeness (QED) is 0.669. The van der Waals surface area contributed by atoms with Crippen LogP contribution >= 0.6 is 0 Å². The summed E-state index contributed by atoms with van der Waals surface area (Å²) in [5, 5.41) is 20.7. The monoisotopic (exact) mass is 206 g/mol. The van der Waals surface area contributed by atoms with Gasteiger partial charge in [-0.05, 0) is 12.0 Å². The first-order valence-electron chi connectivity index (χ1n) is 4.67. The molecule has 5 heteroatoms. The van der Waals surface area contributed by atoms with Crippen molar-refractivity contribution < 1.29 is 5.11 Å². The molecule has 0 radical (unpaired) electrons. The van der Waals surface area contributed by atoms with E-state index >= 15 is 0 Å². The summed E-state index contributed by atoms with van der Waals surface area (Å²) in [5.41, 5.74) is 6.39. The summed E-state index contributed by atoms with van der Waals surface area (Å²) in [5.74, 6) is 0.628. The van der Waals surface area contributed by atoms with Crippen molar-refractivity contribution in [3.8, 4) is 6.07 Å². The van der Waals surface area contributed by atoms with Crippen LogP contribution in [0.2, 0.25) is 0 Å². The zero-order valence-electron chi connectivity index (χ0n) is 8.57. The highest BCUT2D eigenvalue weighted by atomic mass is 16.3. The number of aliphatic hydroxyl groups is 1. The van der Waals surface area contributed by atoms with Gasteiger partial charge in [-0.15, -0.1) is 0 Å². The number of rotatable bonds is 4. The molecule has 1 aromatic heterocycles. The summed E-state index contributed by atoms with van der Waals surface area (Å²) in [4.78, 5) is 4.02. The van der Waals surface area contributed by atoms with E-state index in [-0.39, 0.29) is 12.5 Å². The molecule has 0 fully saturated rings. The highest BCUT2D eigenvalue weighted by Gasteiger charge is 2.05. The van der Waals surface area contributed by atoms with Gasteiger partial charge in [0.05, 0.1) is 17.4 Å². The van der Waals surface area contributed by atoms with Crippen LogP contribution < -0.4 is 11.1 Å². The molecule has 0 aromatic carbocycles. The Kier molecular flexibility index (Phi) is 3.89. The minimum Gasteiger partial charge on any atom is -0.397 e. The van der Waals surface area contributed by atoms with Crippen molar-refractivity contribution in [1.29, 1.82) is 5.26 Å². The molecule has 0 bridgehead atoms. The van der Waals surface area contributed by atoms with E-state index in [9.17, 15) is 0 Å². The molecule has 5 nitrogen and oxygen atoms in total. The summed E-state index contributed by atoms with van der Waals surface area (Å²) in [6.07, 6.45) is 1.49. The Morgan fingerprint density at radius 1 is 1.73 bits per heavy atom. The standard InChI is InChI=1S/C10H14N4O/c1-7(6-15)4-13-10-8(3-11)2-9(12)5-14-10/h2,5,7,15H,4,6,12H2,1H3,(H,13,14). The van der Waals surface area contributed by atoms with E-state index in [1.54, 1.807) is 6.07 Å². The maximum absolute atomic E-state index is 8.84. The zero-order chi connectivity index (χ0) is 11.3. The molecule has 0 amide bonds. The molecule has 0 saturated carbocycles. The van der Waals surface area contributed by atoms with E-state index < -0.39 is 0 Å². The smallest absolute Gasteiger partial charge is 0.144 e. The van der Waals surface area contributed by atoms with Gasteiger partial charge in [0.2, 0.25) is 0 Å². The highest BCUT2D eigenvalue weighted by Crippen LogP contribution is 2.14. The lowest BCUT2D eigenvalue weighted by Gasteiger charge is -2.11. The second-order valence-corrected chi connectivity index (χ2v) is 3.45. The zero-order valence-corrected chi connectivity index (χ0v) is 8.57. The number of aliphatic hydroxyl groups excluding tert-OH is 1. The first-order valence-corrected chi connectivity index (χ1v) is 4.67. The molecule has 1 atom stereocenters. The van der Waals surface area contributed by atoms with Crippen LogP contribution in [0.25, 0.3) is 0 Å². The molecular formula is C10H14N4O. The first-order chi connectivity index (χ1) is 7.17. The third kappa shape index (κ3) is 3.11. The fraction of sp³-hybridized carbons (Fsp3) is 0.400. The third-order valence-electron chi connectivity index (χ3n) is 1.96. The number of hydrogen-bond donors (Lipinski definition) is 3. The van der Waals surface area contributed by atoms with Crippen LogP contribution in [0.15, 0.2) is 12.3 Å². The SMILES string of the molecule is CC(CO)CNc1ncc(N)cc1C#N. The number of nitrogens with zero attached hydrogens (tertiary/aromatic N) is 2. The van der Waals surface area contributed by atoms with Gasteiger partial charge in [-0.25, -0.2) is 4.98 Å². The number of hydrogen-bond acceptors (Lipinski definition) is 5. The van der Waals surface area contributed by atoms with Crippen LogP contribution in [0.3, 0.4) is 0 Å². The van der Waals surface area contributed by atoms with Gasteiger partial charge in [0.15, 0.2) is 0 Å². The van der Waals surface area contributed by atoms with Gasteiger partial charge < -0.3 is 16.2 Å². The van der Waals surface area contributed by atoms with Crippen molar-refractivity contribution in [2.24, 2.45) is 5.92 Å². The van der Waals surface area contributed by atoms with Crippen LogP contribution in [0, 0.1) is 17.2 Å². The molecule has 1 heterocycles. The van der Waals surface area contributed by atoms with Crippen LogP contribution in [0.5, 0.6) is 0 Å². The van der Waals surface area contributed by atoms with Gasteiger partial charge in [-0.2, -0.15) is 5.26 Å². The van der Waals surface area contributed by atoms with Gasteiger partial charge in [-0.1, -0.05) is 6.92 Å². The molecule has 1 aromatic rings. The second-order valence-electron chi connectivity index (χ2n) is 3.45. The Balaban J connectivity index is 2.73. The van der Waals surface area contributed by atoms with Crippen LogP contribution in [0.1, 0.15) is 12.5 Å². The van der Waals surface area contributed by atoms with Gasteiger partial charge in [-0.3, -0.25) is 0 Å². The number of nitriles is 1. The molecule has 0 saturated heterocycles. The van der Waals surface area contributed by atoms with Crippen molar-refractivity contribution in [2.75, 3.05) is 24.2 Å². The summed E-state index contributed by atoms with van der Waals surface area (Å²) in [6, 6.07) is 3.58. The van der Waals surface area contributed by atoms with E-state index in [4.69, 9.17) is 16.1 Å². The lowest BCUT2D eigenvalue weighted by molar-refractivity contribution is 0.244. The van der Waals surface area contributed by atoms with E-state index in [2.05, 4.69) is 10.3 Å². The Morgan fingerprint density at radius 2 is 2.47 bits per heavy atom. The van der Waals surface area contributed by atoms with Gasteiger partial charge in [0, 0.05) is 13.2 Å². The molecular weight excluding hydrogens is 192 g/mol. The Bertz CT molecular complexity index is 372. The third-order valence-corrected chi connectivity index (χ3v) is 1.96. The van der Waals surface area contributed by atoms with E-state index in [0.29, 0.717) is 23.6 Å². The van der Waals surface area contributed by atoms with E-state index in [0.717, 1.165) is 0 Å². The van der Waals surface area contributed by atoms with E-state index in [1.165, 1.54) is 6.20 Å². The lowest BCUT2D eigenvalue weighted by atomic mass is 10.2. The van der Waals surface area contributed by atoms with Gasteiger partial charge >= 0.3 is 0 Å². The molecule has 80 valence electrons. The largest absolute Gasteiger partial charge is 0.397 e. The van der Waals surface area contributed by atoms with Crippen LogP contribution in [0.4, 0.5) is 11.5 Å². The first kappa shape index (κ1) is 11.3. The number of aromatic nitrogens is 1. The second kappa shape index (κ2) is 5.17. The number of pyridine rings is 1. The maximum Gasteiger partial charge on any atom is 0.144 e. The molecule has 0 aliphatic heterocycles. The number of anilines is 2. The summed E-state index contributed by atoms with van der Waals surface area (Å²) in [6.45, 7) is 2.57. The minimum absolute atomic E-state index is 0.101. The summed E-state index contributed by atoms with van der Waals surface area (Å²) >= 11 is 0. The number of nitrogens with two attached hydrogens (primary N) is 1. The van der Waals surface area contributed by atoms with Crippen LogP contribution in [-0.2, 0) is 0 Å². The highest BCUT2D eigenvalue weighted by molar-refractivity contribution is 5.57. The van der Waals surface area contributed by atoms with Crippen molar-refractivity contribution in [1.82, 2.24) is 4.98 Å². The summed E-state index contributed by atoms with van der Waals surface area (Å²) in [7, 11) is 0. The topological polar surface area (TPSA) is 95.0 Å². The van der Waals surface area contributed by atoms with Gasteiger partial charge in [0.25, 0.3) is 0 Å². The predicted molar refractivity (Wildman–Crippen MR) is 58.1 cm³/mol. The maximum atomic E-state index is 8.84.